The molecule has 0 heterocycles. The van der Waals surface area contributed by atoms with E-state index in [0.717, 1.165) is 23.1 Å². The number of esters is 1. The first kappa shape index (κ1) is 17.7. The van der Waals surface area contributed by atoms with Gasteiger partial charge in [-0.1, -0.05) is 24.6 Å². The highest BCUT2D eigenvalue weighted by Crippen LogP contribution is 2.54. The molecule has 0 radical (unpaired) electrons. The van der Waals surface area contributed by atoms with Crippen LogP contribution in [0.4, 0.5) is 0 Å². The second-order valence-corrected chi connectivity index (χ2v) is 7.16. The minimum Gasteiger partial charge on any atom is -0.465 e. The van der Waals surface area contributed by atoms with Gasteiger partial charge in [0.1, 0.15) is 11.2 Å². The van der Waals surface area contributed by atoms with Gasteiger partial charge in [-0.05, 0) is 70.1 Å². The number of carbonyl (C=O) groups excluding carboxylic acids is 2. The maximum absolute atomic E-state index is 12.8. The first-order valence-corrected chi connectivity index (χ1v) is 8.50. The van der Waals surface area contributed by atoms with Crippen LogP contribution in [-0.2, 0) is 14.3 Å². The van der Waals surface area contributed by atoms with Crippen molar-refractivity contribution >= 4 is 11.8 Å². The lowest BCUT2D eigenvalue weighted by Crippen LogP contribution is -2.42. The van der Waals surface area contributed by atoms with E-state index < -0.39 is 5.41 Å². The van der Waals surface area contributed by atoms with E-state index in [1.54, 1.807) is 13.8 Å². The van der Waals surface area contributed by atoms with Crippen LogP contribution < -0.4 is 0 Å². The molecule has 0 aromatic heterocycles. The summed E-state index contributed by atoms with van der Waals surface area (Å²) < 4.78 is 5.33. The van der Waals surface area contributed by atoms with Gasteiger partial charge in [-0.25, -0.2) is 0 Å². The Kier molecular flexibility index (Phi) is 4.98. The molecule has 1 aromatic rings. The number of hydrogen-bond donors (Lipinski definition) is 0. The number of benzene rings is 1. The highest BCUT2D eigenvalue weighted by atomic mass is 16.5. The van der Waals surface area contributed by atoms with Crippen LogP contribution >= 0.6 is 0 Å². The number of hydrogen-bond acceptors (Lipinski definition) is 3. The van der Waals surface area contributed by atoms with Crippen molar-refractivity contribution in [2.24, 2.45) is 11.3 Å². The summed E-state index contributed by atoms with van der Waals surface area (Å²) >= 11 is 0. The Morgan fingerprint density at radius 2 is 1.78 bits per heavy atom. The minimum absolute atomic E-state index is 0.0651. The molecule has 0 spiro atoms. The van der Waals surface area contributed by atoms with E-state index in [1.165, 1.54) is 5.56 Å². The molecule has 3 heteroatoms. The van der Waals surface area contributed by atoms with Crippen LogP contribution in [0.15, 0.2) is 12.1 Å². The Hall–Kier alpha value is -1.64. The number of carbonyl (C=O) groups is 2. The summed E-state index contributed by atoms with van der Waals surface area (Å²) in [6, 6.07) is 4.28. The molecule has 1 fully saturated rings. The highest BCUT2D eigenvalue weighted by Gasteiger charge is 2.57. The molecule has 0 aliphatic heterocycles. The third-order valence-corrected chi connectivity index (χ3v) is 5.26. The molecule has 0 saturated heterocycles. The molecule has 23 heavy (non-hydrogen) atoms. The summed E-state index contributed by atoms with van der Waals surface area (Å²) in [6.07, 6.45) is 1.43. The molecular weight excluding hydrogens is 288 g/mol. The van der Waals surface area contributed by atoms with E-state index in [4.69, 9.17) is 4.74 Å². The Balaban J connectivity index is 2.63. The Morgan fingerprint density at radius 3 is 2.26 bits per heavy atom. The molecule has 0 bridgehead atoms. The zero-order valence-electron chi connectivity index (χ0n) is 15.2. The summed E-state index contributed by atoms with van der Waals surface area (Å²) in [5, 5.41) is 0. The second-order valence-electron chi connectivity index (χ2n) is 7.16. The van der Waals surface area contributed by atoms with Crippen molar-refractivity contribution in [1.82, 2.24) is 0 Å². The largest absolute Gasteiger partial charge is 0.465 e. The Bertz CT molecular complexity index is 609. The Labute approximate surface area is 139 Å². The van der Waals surface area contributed by atoms with Crippen molar-refractivity contribution in [1.29, 1.82) is 0 Å². The SMILES string of the molecule is CCOC(=O)C1(C(C)=O)CC(C)CC1c1c(C)cc(C)cc1C. The van der Waals surface area contributed by atoms with Crippen molar-refractivity contribution in [2.75, 3.05) is 6.61 Å². The van der Waals surface area contributed by atoms with Gasteiger partial charge in [0.2, 0.25) is 0 Å². The third kappa shape index (κ3) is 2.93. The monoisotopic (exact) mass is 316 g/mol. The molecule has 3 nitrogen and oxygen atoms in total. The number of aryl methyl sites for hydroxylation is 3. The molecule has 1 aliphatic carbocycles. The first-order valence-electron chi connectivity index (χ1n) is 8.50. The normalized spacial score (nSPS) is 27.0. The smallest absolute Gasteiger partial charge is 0.320 e. The lowest BCUT2D eigenvalue weighted by atomic mass is 9.69. The molecule has 0 N–H and O–H groups in total. The van der Waals surface area contributed by atoms with Gasteiger partial charge in [-0.2, -0.15) is 0 Å². The van der Waals surface area contributed by atoms with Crippen LogP contribution in [0.25, 0.3) is 0 Å². The summed E-state index contributed by atoms with van der Waals surface area (Å²) in [7, 11) is 0. The van der Waals surface area contributed by atoms with Crippen LogP contribution in [-0.4, -0.2) is 18.4 Å². The predicted octanol–water partition coefficient (Wildman–Crippen LogP) is 4.26. The minimum atomic E-state index is -1.03. The van der Waals surface area contributed by atoms with E-state index in [2.05, 4.69) is 39.8 Å². The molecular formula is C20H28O3. The van der Waals surface area contributed by atoms with Gasteiger partial charge in [0.15, 0.2) is 0 Å². The molecule has 0 amide bonds. The zero-order valence-corrected chi connectivity index (χ0v) is 15.2. The van der Waals surface area contributed by atoms with Crippen molar-refractivity contribution in [2.45, 2.75) is 60.3 Å². The van der Waals surface area contributed by atoms with Crippen LogP contribution in [0.1, 0.15) is 61.8 Å². The number of ketones is 1. The van der Waals surface area contributed by atoms with Gasteiger partial charge in [-0.15, -0.1) is 0 Å². The number of ether oxygens (including phenoxy) is 1. The fourth-order valence-electron chi connectivity index (χ4n) is 4.50. The van der Waals surface area contributed by atoms with Crippen LogP contribution in [0, 0.1) is 32.1 Å². The molecule has 3 unspecified atom stereocenters. The van der Waals surface area contributed by atoms with Gasteiger partial charge in [0.25, 0.3) is 0 Å². The van der Waals surface area contributed by atoms with E-state index in [-0.39, 0.29) is 17.7 Å². The highest BCUT2D eigenvalue weighted by molar-refractivity contribution is 6.04. The molecule has 1 aliphatic rings. The van der Waals surface area contributed by atoms with Crippen LogP contribution in [0.2, 0.25) is 0 Å². The second kappa shape index (κ2) is 6.46. The average Bonchev–Trinajstić information content (AvgIpc) is 2.76. The topological polar surface area (TPSA) is 43.4 Å². The number of rotatable bonds is 4. The van der Waals surface area contributed by atoms with Crippen LogP contribution in [0.5, 0.6) is 0 Å². The molecule has 1 aromatic carbocycles. The van der Waals surface area contributed by atoms with Crippen molar-refractivity contribution in [3.63, 3.8) is 0 Å². The molecule has 126 valence electrons. The summed E-state index contributed by atoms with van der Waals surface area (Å²) in [4.78, 5) is 25.4. The molecule has 2 rings (SSSR count). The predicted molar refractivity (Wildman–Crippen MR) is 91.5 cm³/mol. The van der Waals surface area contributed by atoms with E-state index in [9.17, 15) is 9.59 Å². The van der Waals surface area contributed by atoms with E-state index in [1.807, 2.05) is 0 Å². The summed E-state index contributed by atoms with van der Waals surface area (Å²) in [6.45, 7) is 12.0. The fraction of sp³-hybridized carbons (Fsp3) is 0.600. The number of Topliss-reactive ketones (excluding diaryl/α,β-unsaturated/α-hetero) is 1. The van der Waals surface area contributed by atoms with Gasteiger partial charge >= 0.3 is 5.97 Å². The van der Waals surface area contributed by atoms with Crippen molar-refractivity contribution < 1.29 is 14.3 Å². The molecule has 1 saturated carbocycles. The van der Waals surface area contributed by atoms with Gasteiger partial charge in [0.05, 0.1) is 6.61 Å². The van der Waals surface area contributed by atoms with Gasteiger partial charge in [-0.3, -0.25) is 9.59 Å². The third-order valence-electron chi connectivity index (χ3n) is 5.26. The lowest BCUT2D eigenvalue weighted by Gasteiger charge is -2.33. The maximum Gasteiger partial charge on any atom is 0.320 e. The lowest BCUT2D eigenvalue weighted by molar-refractivity contribution is -0.160. The van der Waals surface area contributed by atoms with E-state index in [0.29, 0.717) is 18.9 Å². The van der Waals surface area contributed by atoms with Gasteiger partial charge < -0.3 is 4.74 Å². The fourth-order valence-corrected chi connectivity index (χ4v) is 4.50. The van der Waals surface area contributed by atoms with Crippen molar-refractivity contribution in [3.8, 4) is 0 Å². The van der Waals surface area contributed by atoms with Crippen molar-refractivity contribution in [3.05, 3.63) is 34.4 Å². The van der Waals surface area contributed by atoms with Gasteiger partial charge in [0, 0.05) is 5.92 Å². The maximum atomic E-state index is 12.8. The van der Waals surface area contributed by atoms with Crippen LogP contribution in [0.3, 0.4) is 0 Å². The quantitative estimate of drug-likeness (QED) is 0.615. The van der Waals surface area contributed by atoms with E-state index >= 15 is 0 Å². The zero-order chi connectivity index (χ0) is 17.4. The summed E-state index contributed by atoms with van der Waals surface area (Å²) in [5.41, 5.74) is 3.66. The first-order chi connectivity index (χ1) is 10.7. The molecule has 3 atom stereocenters. The average molecular weight is 316 g/mol. The standard InChI is InChI=1S/C20H28O3/c1-7-23-19(22)20(16(6)21)11-13(3)10-17(20)18-14(4)8-12(2)9-15(18)5/h8-9,13,17H,7,10-11H2,1-6H3. The Morgan fingerprint density at radius 1 is 1.22 bits per heavy atom. The summed E-state index contributed by atoms with van der Waals surface area (Å²) in [5.74, 6) is -0.172.